The second-order valence-corrected chi connectivity index (χ2v) is 8.77. The molecule has 0 amide bonds. The van der Waals surface area contributed by atoms with Gasteiger partial charge < -0.3 is 9.84 Å². The topological polar surface area (TPSA) is 63.6 Å². The third kappa shape index (κ3) is 5.06. The van der Waals surface area contributed by atoms with Crippen molar-refractivity contribution in [2.45, 2.75) is 33.8 Å². The van der Waals surface area contributed by atoms with E-state index in [0.29, 0.717) is 13.0 Å². The lowest BCUT2D eigenvalue weighted by atomic mass is 9.90. The fourth-order valence-electron chi connectivity index (χ4n) is 3.07. The van der Waals surface area contributed by atoms with E-state index in [0.717, 1.165) is 39.1 Å². The summed E-state index contributed by atoms with van der Waals surface area (Å²) < 4.78 is 28.1. The van der Waals surface area contributed by atoms with E-state index in [2.05, 4.69) is 6.07 Å². The number of sulfone groups is 1. The standard InChI is InChI=1S/C20H26O4S/c1-14-11-18(24-9-6-10-25(4,22)23)12-15(2)20(14)19-8-5-7-17(13-21)16(19)3/h5,7-8,11-12,21H,6,9-10,13H2,1-4H3. The SMILES string of the molecule is Cc1cc(OCCCS(C)(=O)=O)cc(C)c1-c1cccc(CO)c1C. The van der Waals surface area contributed by atoms with Crippen molar-refractivity contribution in [3.8, 4) is 16.9 Å². The Hall–Kier alpha value is -1.85. The molecule has 2 aromatic rings. The number of aliphatic hydroxyl groups excluding tert-OH is 1. The van der Waals surface area contributed by atoms with Gasteiger partial charge in [-0.15, -0.1) is 0 Å². The Kier molecular flexibility index (Phi) is 6.25. The fourth-order valence-corrected chi connectivity index (χ4v) is 3.71. The molecular formula is C20H26O4S. The molecule has 0 atom stereocenters. The molecule has 0 unspecified atom stereocenters. The lowest BCUT2D eigenvalue weighted by Gasteiger charge is -2.17. The number of benzene rings is 2. The highest BCUT2D eigenvalue weighted by Gasteiger charge is 2.12. The van der Waals surface area contributed by atoms with E-state index in [9.17, 15) is 13.5 Å². The number of aryl methyl sites for hydroxylation is 2. The van der Waals surface area contributed by atoms with Gasteiger partial charge in [0, 0.05) is 6.26 Å². The minimum Gasteiger partial charge on any atom is -0.494 e. The van der Waals surface area contributed by atoms with E-state index in [1.54, 1.807) is 0 Å². The van der Waals surface area contributed by atoms with Gasteiger partial charge in [0.2, 0.25) is 0 Å². The van der Waals surface area contributed by atoms with E-state index in [-0.39, 0.29) is 12.4 Å². The molecule has 0 saturated carbocycles. The summed E-state index contributed by atoms with van der Waals surface area (Å²) in [4.78, 5) is 0. The van der Waals surface area contributed by atoms with Crippen LogP contribution in [0.5, 0.6) is 5.75 Å². The summed E-state index contributed by atoms with van der Waals surface area (Å²) in [6, 6.07) is 9.92. The summed E-state index contributed by atoms with van der Waals surface area (Å²) in [5.41, 5.74) is 6.46. The monoisotopic (exact) mass is 362 g/mol. The number of hydrogen-bond acceptors (Lipinski definition) is 4. The van der Waals surface area contributed by atoms with Crippen LogP contribution in [-0.4, -0.2) is 32.1 Å². The van der Waals surface area contributed by atoms with Crippen LogP contribution >= 0.6 is 0 Å². The highest BCUT2D eigenvalue weighted by atomic mass is 32.2. The Morgan fingerprint density at radius 3 is 2.28 bits per heavy atom. The van der Waals surface area contributed by atoms with Crippen molar-refractivity contribution in [3.63, 3.8) is 0 Å². The lowest BCUT2D eigenvalue weighted by Crippen LogP contribution is -2.08. The molecule has 0 spiro atoms. The molecule has 2 rings (SSSR count). The smallest absolute Gasteiger partial charge is 0.147 e. The van der Waals surface area contributed by atoms with Crippen LogP contribution in [0.25, 0.3) is 11.1 Å². The Bertz CT molecular complexity index is 831. The molecule has 0 aromatic heterocycles. The quantitative estimate of drug-likeness (QED) is 0.765. The van der Waals surface area contributed by atoms with Crippen LogP contribution in [0.4, 0.5) is 0 Å². The zero-order chi connectivity index (χ0) is 18.6. The van der Waals surface area contributed by atoms with Crippen molar-refractivity contribution in [3.05, 3.63) is 52.6 Å². The van der Waals surface area contributed by atoms with Gasteiger partial charge in [0.15, 0.2) is 0 Å². The van der Waals surface area contributed by atoms with E-state index in [1.807, 2.05) is 45.0 Å². The van der Waals surface area contributed by atoms with Gasteiger partial charge in [-0.3, -0.25) is 0 Å². The number of aliphatic hydroxyl groups is 1. The predicted octanol–water partition coefficient (Wildman–Crippen LogP) is 3.58. The molecule has 0 aliphatic carbocycles. The molecule has 0 fully saturated rings. The van der Waals surface area contributed by atoms with Crippen molar-refractivity contribution >= 4 is 9.84 Å². The van der Waals surface area contributed by atoms with Gasteiger partial charge in [0.05, 0.1) is 19.0 Å². The summed E-state index contributed by atoms with van der Waals surface area (Å²) >= 11 is 0. The van der Waals surface area contributed by atoms with Gasteiger partial charge in [-0.05, 0) is 72.7 Å². The normalized spacial score (nSPS) is 11.6. The highest BCUT2D eigenvalue weighted by molar-refractivity contribution is 7.90. The summed E-state index contributed by atoms with van der Waals surface area (Å²) in [7, 11) is -2.95. The maximum atomic E-state index is 11.2. The van der Waals surface area contributed by atoms with Gasteiger partial charge in [-0.2, -0.15) is 0 Å². The molecule has 0 aliphatic heterocycles. The first kappa shape index (κ1) is 19.5. The van der Waals surface area contributed by atoms with Gasteiger partial charge >= 0.3 is 0 Å². The molecule has 0 aliphatic rings. The minimum absolute atomic E-state index is 0.0271. The van der Waals surface area contributed by atoms with Crippen molar-refractivity contribution in [2.24, 2.45) is 0 Å². The molecule has 4 nitrogen and oxygen atoms in total. The van der Waals surface area contributed by atoms with Gasteiger partial charge in [0.1, 0.15) is 15.6 Å². The van der Waals surface area contributed by atoms with Crippen molar-refractivity contribution < 1.29 is 18.3 Å². The summed E-state index contributed by atoms with van der Waals surface area (Å²) in [6.45, 7) is 6.51. The third-order valence-corrected chi connectivity index (χ3v) is 5.35. The first-order valence-corrected chi connectivity index (χ1v) is 10.4. The molecule has 25 heavy (non-hydrogen) atoms. The lowest BCUT2D eigenvalue weighted by molar-refractivity contribution is 0.281. The molecule has 0 saturated heterocycles. The molecule has 0 radical (unpaired) electrons. The zero-order valence-electron chi connectivity index (χ0n) is 15.3. The molecule has 1 N–H and O–H groups in total. The maximum absolute atomic E-state index is 11.2. The van der Waals surface area contributed by atoms with E-state index >= 15 is 0 Å². The Morgan fingerprint density at radius 2 is 1.72 bits per heavy atom. The summed E-state index contributed by atoms with van der Waals surface area (Å²) in [5, 5.41) is 9.49. The highest BCUT2D eigenvalue weighted by Crippen LogP contribution is 2.34. The third-order valence-electron chi connectivity index (χ3n) is 4.32. The molecule has 0 heterocycles. The number of ether oxygens (including phenoxy) is 1. The largest absolute Gasteiger partial charge is 0.494 e. The fraction of sp³-hybridized carbons (Fsp3) is 0.400. The average molecular weight is 362 g/mol. The molecule has 5 heteroatoms. The maximum Gasteiger partial charge on any atom is 0.147 e. The Labute approximate surface area is 150 Å². The Balaban J connectivity index is 2.23. The molecule has 2 aromatic carbocycles. The van der Waals surface area contributed by atoms with E-state index in [4.69, 9.17) is 4.74 Å². The average Bonchev–Trinajstić information content (AvgIpc) is 2.51. The van der Waals surface area contributed by atoms with Crippen LogP contribution in [0.3, 0.4) is 0 Å². The van der Waals surface area contributed by atoms with Gasteiger partial charge in [0.25, 0.3) is 0 Å². The first-order valence-electron chi connectivity index (χ1n) is 8.34. The van der Waals surface area contributed by atoms with Gasteiger partial charge in [-0.25, -0.2) is 8.42 Å². The van der Waals surface area contributed by atoms with Crippen LogP contribution in [0.15, 0.2) is 30.3 Å². The second kappa shape index (κ2) is 8.02. The minimum atomic E-state index is -2.95. The predicted molar refractivity (Wildman–Crippen MR) is 102 cm³/mol. The van der Waals surface area contributed by atoms with Crippen LogP contribution in [-0.2, 0) is 16.4 Å². The molecule has 136 valence electrons. The van der Waals surface area contributed by atoms with Crippen LogP contribution in [0.1, 0.15) is 28.7 Å². The number of rotatable bonds is 7. The van der Waals surface area contributed by atoms with Crippen molar-refractivity contribution in [1.82, 2.24) is 0 Å². The van der Waals surface area contributed by atoms with Crippen molar-refractivity contribution in [1.29, 1.82) is 0 Å². The van der Waals surface area contributed by atoms with E-state index in [1.165, 1.54) is 6.26 Å². The van der Waals surface area contributed by atoms with E-state index < -0.39 is 9.84 Å². The summed E-state index contributed by atoms with van der Waals surface area (Å²) in [6.07, 6.45) is 1.72. The number of hydrogen-bond donors (Lipinski definition) is 1. The molecular weight excluding hydrogens is 336 g/mol. The van der Waals surface area contributed by atoms with Crippen LogP contribution in [0, 0.1) is 20.8 Å². The zero-order valence-corrected chi connectivity index (χ0v) is 16.1. The Morgan fingerprint density at radius 1 is 1.08 bits per heavy atom. The second-order valence-electron chi connectivity index (χ2n) is 6.51. The van der Waals surface area contributed by atoms with Gasteiger partial charge in [-0.1, -0.05) is 18.2 Å². The summed E-state index contributed by atoms with van der Waals surface area (Å²) in [5.74, 6) is 0.888. The van der Waals surface area contributed by atoms with Crippen molar-refractivity contribution in [2.75, 3.05) is 18.6 Å². The molecule has 0 bridgehead atoms. The van der Waals surface area contributed by atoms with Crippen LogP contribution in [0.2, 0.25) is 0 Å². The van der Waals surface area contributed by atoms with Crippen LogP contribution < -0.4 is 4.74 Å². The first-order chi connectivity index (χ1) is 11.7.